The topological polar surface area (TPSA) is 76.7 Å². The highest BCUT2D eigenvalue weighted by Crippen LogP contribution is 2.38. The van der Waals surface area contributed by atoms with Crippen LogP contribution in [0.1, 0.15) is 64.3 Å². The van der Waals surface area contributed by atoms with Crippen molar-refractivity contribution in [3.05, 3.63) is 45.8 Å². The number of carbonyl (C=O) groups is 2. The van der Waals surface area contributed by atoms with Crippen LogP contribution in [0.3, 0.4) is 0 Å². The smallest absolute Gasteiger partial charge is 0.341 e. The van der Waals surface area contributed by atoms with Crippen LogP contribution < -0.4 is 15.4 Å². The molecule has 0 unspecified atom stereocenters. The summed E-state index contributed by atoms with van der Waals surface area (Å²) in [7, 11) is 0. The van der Waals surface area contributed by atoms with Gasteiger partial charge < -0.3 is 14.8 Å². The summed E-state index contributed by atoms with van der Waals surface area (Å²) in [6, 6.07) is 6.96. The lowest BCUT2D eigenvalue weighted by Gasteiger charge is -2.13. The Balaban J connectivity index is 1.72. The van der Waals surface area contributed by atoms with Crippen LogP contribution in [0.15, 0.2) is 24.3 Å². The summed E-state index contributed by atoms with van der Waals surface area (Å²) in [5, 5.41) is 6.50. The molecule has 1 aliphatic rings. The van der Waals surface area contributed by atoms with Gasteiger partial charge in [-0.1, -0.05) is 13.0 Å². The molecule has 1 amide bonds. The number of esters is 1. The van der Waals surface area contributed by atoms with Crippen molar-refractivity contribution in [2.45, 2.75) is 46.0 Å². The summed E-state index contributed by atoms with van der Waals surface area (Å²) >= 11 is 6.85. The van der Waals surface area contributed by atoms with Crippen molar-refractivity contribution in [1.82, 2.24) is 5.32 Å². The van der Waals surface area contributed by atoms with Gasteiger partial charge in [0.1, 0.15) is 10.8 Å². The number of nitrogens with one attached hydrogen (secondary N) is 2. The number of aryl methyl sites for hydroxylation is 1. The second-order valence-electron chi connectivity index (χ2n) is 6.92. The number of hydrogen-bond donors (Lipinski definition) is 2. The summed E-state index contributed by atoms with van der Waals surface area (Å²) in [6.07, 6.45) is 4.83. The zero-order valence-corrected chi connectivity index (χ0v) is 18.8. The molecule has 2 N–H and O–H groups in total. The number of benzene rings is 1. The van der Waals surface area contributed by atoms with E-state index in [2.05, 4.69) is 10.6 Å². The molecule has 1 aliphatic carbocycles. The zero-order chi connectivity index (χ0) is 21.5. The van der Waals surface area contributed by atoms with Crippen LogP contribution in [0.2, 0.25) is 0 Å². The molecule has 3 rings (SSSR count). The van der Waals surface area contributed by atoms with Crippen LogP contribution >= 0.6 is 23.6 Å². The number of thiocarbonyl (C=S) groups is 1. The third kappa shape index (κ3) is 5.37. The number of rotatable bonds is 7. The monoisotopic (exact) mass is 446 g/mol. The number of hydrogen-bond acceptors (Lipinski definition) is 6. The van der Waals surface area contributed by atoms with E-state index in [1.165, 1.54) is 16.2 Å². The van der Waals surface area contributed by atoms with Crippen LogP contribution in [0.5, 0.6) is 5.75 Å². The second kappa shape index (κ2) is 10.5. The lowest BCUT2D eigenvalue weighted by Crippen LogP contribution is -2.34. The van der Waals surface area contributed by atoms with Gasteiger partial charge in [0.15, 0.2) is 5.11 Å². The molecule has 0 bridgehead atoms. The molecule has 1 aromatic carbocycles. The normalized spacial score (nSPS) is 12.6. The maximum Gasteiger partial charge on any atom is 0.341 e. The van der Waals surface area contributed by atoms with Crippen molar-refractivity contribution < 1.29 is 19.1 Å². The fourth-order valence-corrected chi connectivity index (χ4v) is 4.87. The Hall–Kier alpha value is -2.45. The third-order valence-corrected chi connectivity index (χ3v) is 6.09. The first kappa shape index (κ1) is 22.2. The van der Waals surface area contributed by atoms with E-state index in [1.54, 1.807) is 25.1 Å². The summed E-state index contributed by atoms with van der Waals surface area (Å²) in [5.74, 6) is -0.0540. The average Bonchev–Trinajstić information content (AvgIpc) is 3.10. The van der Waals surface area contributed by atoms with Gasteiger partial charge in [-0.2, -0.15) is 0 Å². The van der Waals surface area contributed by atoms with E-state index in [0.29, 0.717) is 35.1 Å². The van der Waals surface area contributed by atoms with E-state index >= 15 is 0 Å². The molecule has 0 radical (unpaired) electrons. The summed E-state index contributed by atoms with van der Waals surface area (Å²) in [5.41, 5.74) is 2.04. The van der Waals surface area contributed by atoms with Crippen LogP contribution in [0.25, 0.3) is 0 Å². The Kier molecular flexibility index (Phi) is 7.81. The van der Waals surface area contributed by atoms with Gasteiger partial charge in [-0.3, -0.25) is 10.1 Å². The minimum atomic E-state index is -0.352. The van der Waals surface area contributed by atoms with Crippen molar-refractivity contribution >= 4 is 45.5 Å². The van der Waals surface area contributed by atoms with Crippen molar-refractivity contribution in [3.8, 4) is 5.75 Å². The molecule has 1 heterocycles. The van der Waals surface area contributed by atoms with E-state index in [1.807, 2.05) is 13.0 Å². The molecule has 6 nitrogen and oxygen atoms in total. The Morgan fingerprint density at radius 1 is 1.20 bits per heavy atom. The molecule has 1 aromatic heterocycles. The lowest BCUT2D eigenvalue weighted by atomic mass is 9.95. The molecule has 0 spiro atoms. The highest BCUT2D eigenvalue weighted by atomic mass is 32.1. The quantitative estimate of drug-likeness (QED) is 0.473. The first-order valence-electron chi connectivity index (χ1n) is 10.2. The molecule has 8 heteroatoms. The first-order valence-corrected chi connectivity index (χ1v) is 11.4. The van der Waals surface area contributed by atoms with E-state index in [0.717, 1.165) is 37.7 Å². The first-order chi connectivity index (χ1) is 14.5. The van der Waals surface area contributed by atoms with Gasteiger partial charge in [0.25, 0.3) is 5.91 Å². The molecular formula is C22H26N2O4S2. The van der Waals surface area contributed by atoms with Crippen LogP contribution in [0.4, 0.5) is 5.00 Å². The van der Waals surface area contributed by atoms with Gasteiger partial charge in [0.2, 0.25) is 0 Å². The third-order valence-electron chi connectivity index (χ3n) is 4.67. The molecule has 0 atom stereocenters. The largest absolute Gasteiger partial charge is 0.494 e. The van der Waals surface area contributed by atoms with Crippen molar-refractivity contribution in [3.63, 3.8) is 0 Å². The van der Waals surface area contributed by atoms with E-state index < -0.39 is 0 Å². The predicted octanol–water partition coefficient (Wildman–Crippen LogP) is 4.72. The molecule has 160 valence electrons. The van der Waals surface area contributed by atoms with Crippen LogP contribution in [-0.4, -0.2) is 30.2 Å². The molecule has 0 saturated heterocycles. The number of amides is 1. The predicted molar refractivity (Wildman–Crippen MR) is 123 cm³/mol. The highest BCUT2D eigenvalue weighted by molar-refractivity contribution is 7.80. The zero-order valence-electron chi connectivity index (χ0n) is 17.2. The standard InChI is InChI=1S/C22H26N2O4S2/c1-3-12-28-15-9-7-8-14(13-15)19(25)23-22(29)24-20-18(21(26)27-4-2)16-10-5-6-11-17(16)30-20/h7-9,13H,3-6,10-12H2,1-2H3,(H2,23,24,25,29). The minimum Gasteiger partial charge on any atom is -0.494 e. The molecular weight excluding hydrogens is 420 g/mol. The van der Waals surface area contributed by atoms with Gasteiger partial charge in [0, 0.05) is 10.4 Å². The molecule has 30 heavy (non-hydrogen) atoms. The van der Waals surface area contributed by atoms with Gasteiger partial charge >= 0.3 is 5.97 Å². The maximum atomic E-state index is 12.6. The lowest BCUT2D eigenvalue weighted by molar-refractivity contribution is 0.0526. The fraction of sp³-hybridized carbons (Fsp3) is 0.409. The van der Waals surface area contributed by atoms with Gasteiger partial charge in [-0.15, -0.1) is 11.3 Å². The van der Waals surface area contributed by atoms with E-state index in [4.69, 9.17) is 21.7 Å². The Labute approximate surface area is 186 Å². The highest BCUT2D eigenvalue weighted by Gasteiger charge is 2.27. The van der Waals surface area contributed by atoms with Gasteiger partial charge in [-0.05, 0) is 75.0 Å². The van der Waals surface area contributed by atoms with Gasteiger partial charge in [-0.25, -0.2) is 4.79 Å². The summed E-state index contributed by atoms with van der Waals surface area (Å²) in [6.45, 7) is 4.70. The van der Waals surface area contributed by atoms with E-state index in [-0.39, 0.29) is 17.0 Å². The van der Waals surface area contributed by atoms with E-state index in [9.17, 15) is 9.59 Å². The number of anilines is 1. The molecule has 0 fully saturated rings. The maximum absolute atomic E-state index is 12.6. The molecule has 2 aromatic rings. The fourth-order valence-electron chi connectivity index (χ4n) is 3.33. The van der Waals surface area contributed by atoms with Crippen LogP contribution in [0, 0.1) is 0 Å². The second-order valence-corrected chi connectivity index (χ2v) is 8.43. The van der Waals surface area contributed by atoms with Crippen molar-refractivity contribution in [2.24, 2.45) is 0 Å². The average molecular weight is 447 g/mol. The number of thiophene rings is 1. The van der Waals surface area contributed by atoms with Crippen molar-refractivity contribution in [2.75, 3.05) is 18.5 Å². The number of carbonyl (C=O) groups excluding carboxylic acids is 2. The Bertz CT molecular complexity index is 939. The van der Waals surface area contributed by atoms with Crippen molar-refractivity contribution in [1.29, 1.82) is 0 Å². The SMILES string of the molecule is CCCOc1cccc(C(=O)NC(=S)Nc2sc3c(c2C(=O)OCC)CCCC3)c1. The number of ether oxygens (including phenoxy) is 2. The Morgan fingerprint density at radius 2 is 2.00 bits per heavy atom. The molecule has 0 saturated carbocycles. The van der Waals surface area contributed by atoms with Crippen LogP contribution in [-0.2, 0) is 17.6 Å². The summed E-state index contributed by atoms with van der Waals surface area (Å²) in [4.78, 5) is 26.3. The number of fused-ring (bicyclic) bond motifs is 1. The molecule has 0 aliphatic heterocycles. The Morgan fingerprint density at radius 3 is 2.77 bits per heavy atom. The summed E-state index contributed by atoms with van der Waals surface area (Å²) < 4.78 is 10.8. The van der Waals surface area contributed by atoms with Gasteiger partial charge in [0.05, 0.1) is 18.8 Å². The minimum absolute atomic E-state index is 0.143.